The number of hydrogen-bond acceptors (Lipinski definition) is 7. The van der Waals surface area contributed by atoms with Crippen molar-refractivity contribution >= 4 is 28.5 Å². The third kappa shape index (κ3) is 5.16. The molecule has 0 aliphatic carbocycles. The van der Waals surface area contributed by atoms with Gasteiger partial charge in [0.15, 0.2) is 12.7 Å². The molecule has 3 aromatic rings. The number of aryl methyl sites for hydroxylation is 1. The molecule has 1 atom stereocenters. The number of esters is 1. The third-order valence-corrected chi connectivity index (χ3v) is 4.29. The summed E-state index contributed by atoms with van der Waals surface area (Å²) in [5.41, 5.74) is 1.19. The second kappa shape index (κ2) is 9.13. The van der Waals surface area contributed by atoms with Crippen LogP contribution in [0, 0.1) is 6.92 Å². The normalized spacial score (nSPS) is 11.6. The van der Waals surface area contributed by atoms with Crippen molar-refractivity contribution in [1.29, 1.82) is 0 Å². The van der Waals surface area contributed by atoms with Crippen molar-refractivity contribution < 1.29 is 28.2 Å². The van der Waals surface area contributed by atoms with E-state index in [4.69, 9.17) is 18.6 Å². The van der Waals surface area contributed by atoms with Gasteiger partial charge in [0.2, 0.25) is 0 Å². The molecule has 0 saturated carbocycles. The smallest absolute Gasteiger partial charge is 0.344 e. The number of rotatable bonds is 7. The molecule has 156 valence electrons. The molecule has 0 fully saturated rings. The molecule has 0 spiro atoms. The number of amides is 1. The van der Waals surface area contributed by atoms with E-state index in [1.54, 1.807) is 43.3 Å². The Labute approximate surface area is 172 Å². The summed E-state index contributed by atoms with van der Waals surface area (Å²) in [6.07, 6.45) is -1.02. The summed E-state index contributed by atoms with van der Waals surface area (Å²) in [7, 11) is 1.52. The maximum Gasteiger partial charge on any atom is 0.344 e. The average molecular weight is 411 g/mol. The highest BCUT2D eigenvalue weighted by Gasteiger charge is 2.18. The largest absolute Gasteiger partial charge is 0.497 e. The monoisotopic (exact) mass is 411 g/mol. The molecule has 1 heterocycles. The summed E-state index contributed by atoms with van der Waals surface area (Å²) >= 11 is 0. The lowest BCUT2D eigenvalue weighted by molar-refractivity contribution is -0.155. The first-order valence-electron chi connectivity index (χ1n) is 9.17. The summed E-state index contributed by atoms with van der Waals surface area (Å²) in [6.45, 7) is 2.86. The number of benzene rings is 2. The van der Waals surface area contributed by atoms with Crippen LogP contribution in [0.2, 0.25) is 0 Å². The van der Waals surface area contributed by atoms with Crippen molar-refractivity contribution in [3.63, 3.8) is 0 Å². The van der Waals surface area contributed by atoms with Gasteiger partial charge in [-0.15, -0.1) is 0 Å². The lowest BCUT2D eigenvalue weighted by Gasteiger charge is -2.14. The number of anilines is 1. The van der Waals surface area contributed by atoms with E-state index in [-0.39, 0.29) is 0 Å². The van der Waals surface area contributed by atoms with Gasteiger partial charge in [-0.1, -0.05) is 6.07 Å². The van der Waals surface area contributed by atoms with Crippen LogP contribution >= 0.6 is 0 Å². The van der Waals surface area contributed by atoms with Crippen LogP contribution in [0.1, 0.15) is 12.5 Å². The van der Waals surface area contributed by atoms with E-state index in [1.807, 2.05) is 0 Å². The van der Waals surface area contributed by atoms with Crippen molar-refractivity contribution in [3.05, 3.63) is 64.5 Å². The molecule has 2 aromatic carbocycles. The van der Waals surface area contributed by atoms with Crippen molar-refractivity contribution in [2.75, 3.05) is 19.0 Å². The zero-order valence-electron chi connectivity index (χ0n) is 16.8. The summed E-state index contributed by atoms with van der Waals surface area (Å²) < 4.78 is 20.8. The number of carbonyl (C=O) groups excluding carboxylic acids is 2. The summed E-state index contributed by atoms with van der Waals surface area (Å²) in [4.78, 5) is 35.8. The first kappa shape index (κ1) is 20.9. The van der Waals surface area contributed by atoms with Crippen LogP contribution in [0.15, 0.2) is 57.7 Å². The number of hydrogen-bond donors (Lipinski definition) is 1. The Morgan fingerprint density at radius 2 is 1.90 bits per heavy atom. The topological polar surface area (TPSA) is 104 Å². The molecule has 30 heavy (non-hydrogen) atoms. The Hall–Kier alpha value is -3.81. The molecule has 0 radical (unpaired) electrons. The van der Waals surface area contributed by atoms with Gasteiger partial charge in [-0.25, -0.2) is 9.59 Å². The maximum atomic E-state index is 12.2. The molecule has 1 amide bonds. The molecule has 0 aliphatic rings. The standard InChI is InChI=1S/C22H21NO7/c1-13-9-20(24)30-19-11-17(7-8-18(13)19)28-12-21(25)29-14(2)22(26)23-15-5-4-6-16(10-15)27-3/h4-11,14H,12H2,1-3H3,(H,23,26)/t14-/m0/s1. The molecule has 0 unspecified atom stereocenters. The lowest BCUT2D eigenvalue weighted by Crippen LogP contribution is -2.31. The molecule has 0 saturated heterocycles. The predicted molar refractivity (Wildman–Crippen MR) is 110 cm³/mol. The van der Waals surface area contributed by atoms with E-state index in [1.165, 1.54) is 26.2 Å². The van der Waals surface area contributed by atoms with Crippen LogP contribution in [-0.4, -0.2) is 31.7 Å². The Morgan fingerprint density at radius 3 is 2.67 bits per heavy atom. The Morgan fingerprint density at radius 1 is 1.10 bits per heavy atom. The van der Waals surface area contributed by atoms with E-state index < -0.39 is 30.2 Å². The van der Waals surface area contributed by atoms with Crippen molar-refractivity contribution in [2.45, 2.75) is 20.0 Å². The van der Waals surface area contributed by atoms with Crippen molar-refractivity contribution in [1.82, 2.24) is 0 Å². The molecule has 8 nitrogen and oxygen atoms in total. The first-order valence-corrected chi connectivity index (χ1v) is 9.17. The highest BCUT2D eigenvalue weighted by Crippen LogP contribution is 2.22. The number of fused-ring (bicyclic) bond motifs is 1. The lowest BCUT2D eigenvalue weighted by atomic mass is 10.1. The van der Waals surface area contributed by atoms with Gasteiger partial charge in [0.05, 0.1) is 7.11 Å². The fraction of sp³-hybridized carbons (Fsp3) is 0.227. The second-order valence-electron chi connectivity index (χ2n) is 6.55. The SMILES string of the molecule is COc1cccc(NC(=O)[C@H](C)OC(=O)COc2ccc3c(C)cc(=O)oc3c2)c1. The molecule has 3 rings (SSSR count). The van der Waals surface area contributed by atoms with Crippen LogP contribution in [-0.2, 0) is 14.3 Å². The first-order chi connectivity index (χ1) is 14.4. The minimum atomic E-state index is -1.02. The fourth-order valence-corrected chi connectivity index (χ4v) is 2.77. The number of carbonyl (C=O) groups is 2. The minimum absolute atomic E-state index is 0.335. The molecule has 8 heteroatoms. The van der Waals surface area contributed by atoms with Crippen LogP contribution in [0.25, 0.3) is 11.0 Å². The summed E-state index contributed by atoms with van der Waals surface area (Å²) in [5, 5.41) is 3.42. The predicted octanol–water partition coefficient (Wildman–Crippen LogP) is 3.06. The number of ether oxygens (including phenoxy) is 3. The zero-order valence-corrected chi connectivity index (χ0v) is 16.8. The van der Waals surface area contributed by atoms with E-state index in [2.05, 4.69) is 5.32 Å². The Kier molecular flexibility index (Phi) is 6.36. The fourth-order valence-electron chi connectivity index (χ4n) is 2.77. The summed E-state index contributed by atoms with van der Waals surface area (Å²) in [5.74, 6) is -0.275. The highest BCUT2D eigenvalue weighted by atomic mass is 16.6. The van der Waals surface area contributed by atoms with E-state index in [0.29, 0.717) is 22.8 Å². The average Bonchev–Trinajstić information content (AvgIpc) is 2.71. The zero-order chi connectivity index (χ0) is 21.7. The Balaban J connectivity index is 1.55. The van der Waals surface area contributed by atoms with Crippen molar-refractivity contribution in [2.24, 2.45) is 0 Å². The molecular formula is C22H21NO7. The van der Waals surface area contributed by atoms with Crippen LogP contribution in [0.3, 0.4) is 0 Å². The van der Waals surface area contributed by atoms with Gasteiger partial charge in [-0.2, -0.15) is 0 Å². The quantitative estimate of drug-likeness (QED) is 0.471. The number of nitrogens with one attached hydrogen (secondary N) is 1. The summed E-state index contributed by atoms with van der Waals surface area (Å²) in [6, 6.07) is 13.1. The van der Waals surface area contributed by atoms with E-state index >= 15 is 0 Å². The molecule has 0 bridgehead atoms. The minimum Gasteiger partial charge on any atom is -0.497 e. The molecule has 1 aromatic heterocycles. The van der Waals surface area contributed by atoms with Crippen molar-refractivity contribution in [3.8, 4) is 11.5 Å². The van der Waals surface area contributed by atoms with Gasteiger partial charge >= 0.3 is 11.6 Å². The van der Waals surface area contributed by atoms with Gasteiger partial charge in [0, 0.05) is 29.3 Å². The van der Waals surface area contributed by atoms with Gasteiger partial charge in [0.25, 0.3) is 5.91 Å². The van der Waals surface area contributed by atoms with Crippen LogP contribution < -0.4 is 20.4 Å². The Bertz CT molecular complexity index is 1140. The van der Waals surface area contributed by atoms with E-state index in [0.717, 1.165) is 10.9 Å². The van der Waals surface area contributed by atoms with Crippen LogP contribution in [0.4, 0.5) is 5.69 Å². The molecule has 0 aliphatic heterocycles. The maximum absolute atomic E-state index is 12.2. The van der Waals surface area contributed by atoms with Gasteiger partial charge in [0.1, 0.15) is 17.1 Å². The highest BCUT2D eigenvalue weighted by molar-refractivity contribution is 5.95. The molecular weight excluding hydrogens is 390 g/mol. The van der Waals surface area contributed by atoms with Crippen LogP contribution in [0.5, 0.6) is 11.5 Å². The van der Waals surface area contributed by atoms with Gasteiger partial charge < -0.3 is 23.9 Å². The van der Waals surface area contributed by atoms with E-state index in [9.17, 15) is 14.4 Å². The van der Waals surface area contributed by atoms with Gasteiger partial charge in [-0.3, -0.25) is 4.79 Å². The number of methoxy groups -OCH3 is 1. The third-order valence-electron chi connectivity index (χ3n) is 4.29. The molecule has 1 N–H and O–H groups in total. The second-order valence-corrected chi connectivity index (χ2v) is 6.55. The van der Waals surface area contributed by atoms with Gasteiger partial charge in [-0.05, 0) is 43.7 Å².